The monoisotopic (exact) mass is 389 g/mol. The van der Waals surface area contributed by atoms with Gasteiger partial charge in [0.2, 0.25) is 5.43 Å². The van der Waals surface area contributed by atoms with Crippen molar-refractivity contribution in [1.29, 1.82) is 0 Å². The van der Waals surface area contributed by atoms with Crippen molar-refractivity contribution in [1.82, 2.24) is 4.98 Å². The number of rotatable bonds is 5. The molecule has 4 rings (SSSR count). The Labute approximate surface area is 167 Å². The lowest BCUT2D eigenvalue weighted by atomic mass is 10.0. The standard InChI is InChI=1S/C23H19NO3S/c1-15-3-5-17(6-4-15)21-22(25)19-8-7-18(26-2)13-20(19)27-23(21)28-14-16-9-11-24-12-10-16/h3-13H,14H2,1-2H3. The van der Waals surface area contributed by atoms with Crippen LogP contribution in [-0.2, 0) is 5.75 Å². The van der Waals surface area contributed by atoms with Crippen molar-refractivity contribution in [3.63, 3.8) is 0 Å². The van der Waals surface area contributed by atoms with Crippen LogP contribution in [0.1, 0.15) is 11.1 Å². The fraction of sp³-hybridized carbons (Fsp3) is 0.130. The van der Waals surface area contributed by atoms with Crippen LogP contribution in [0.5, 0.6) is 5.75 Å². The third kappa shape index (κ3) is 3.66. The predicted octanol–water partition coefficient (Wildman–Crippen LogP) is 5.46. The van der Waals surface area contributed by atoms with Crippen LogP contribution in [0.2, 0.25) is 0 Å². The highest BCUT2D eigenvalue weighted by Crippen LogP contribution is 2.34. The Morgan fingerprint density at radius 1 is 1.04 bits per heavy atom. The van der Waals surface area contributed by atoms with E-state index < -0.39 is 0 Å². The molecule has 5 heteroatoms. The van der Waals surface area contributed by atoms with E-state index in [1.165, 1.54) is 11.8 Å². The third-order valence-corrected chi connectivity index (χ3v) is 5.55. The molecule has 0 fully saturated rings. The summed E-state index contributed by atoms with van der Waals surface area (Å²) in [5, 5.41) is 1.15. The molecule has 0 bridgehead atoms. The van der Waals surface area contributed by atoms with E-state index in [2.05, 4.69) is 4.98 Å². The SMILES string of the molecule is COc1ccc2c(=O)c(-c3ccc(C)cc3)c(SCc3ccncc3)oc2c1. The molecule has 0 aliphatic carbocycles. The van der Waals surface area contributed by atoms with Gasteiger partial charge in [0.05, 0.1) is 18.1 Å². The summed E-state index contributed by atoms with van der Waals surface area (Å²) in [6.07, 6.45) is 3.52. The minimum atomic E-state index is -0.0371. The Morgan fingerprint density at radius 3 is 2.50 bits per heavy atom. The molecular weight excluding hydrogens is 370 g/mol. The van der Waals surface area contributed by atoms with Gasteiger partial charge in [0, 0.05) is 24.2 Å². The van der Waals surface area contributed by atoms with Gasteiger partial charge in [-0.1, -0.05) is 41.6 Å². The molecule has 28 heavy (non-hydrogen) atoms. The molecule has 0 saturated heterocycles. The molecule has 0 saturated carbocycles. The van der Waals surface area contributed by atoms with Gasteiger partial charge in [-0.15, -0.1) is 0 Å². The molecule has 0 atom stereocenters. The largest absolute Gasteiger partial charge is 0.497 e. The Kier molecular flexibility index (Phi) is 5.17. The van der Waals surface area contributed by atoms with E-state index >= 15 is 0 Å². The Hall–Kier alpha value is -3.05. The van der Waals surface area contributed by atoms with E-state index in [4.69, 9.17) is 9.15 Å². The molecule has 0 amide bonds. The highest BCUT2D eigenvalue weighted by molar-refractivity contribution is 7.98. The minimum absolute atomic E-state index is 0.0371. The average Bonchev–Trinajstić information content (AvgIpc) is 2.73. The lowest BCUT2D eigenvalue weighted by molar-refractivity contribution is 0.413. The summed E-state index contributed by atoms with van der Waals surface area (Å²) in [5.41, 5.74) is 4.20. The second kappa shape index (κ2) is 7.90. The smallest absolute Gasteiger partial charge is 0.201 e. The fourth-order valence-electron chi connectivity index (χ4n) is 2.98. The van der Waals surface area contributed by atoms with Crippen LogP contribution < -0.4 is 10.2 Å². The fourth-order valence-corrected chi connectivity index (χ4v) is 3.97. The predicted molar refractivity (Wildman–Crippen MR) is 113 cm³/mol. The molecule has 2 heterocycles. The van der Waals surface area contributed by atoms with Crippen LogP contribution in [-0.4, -0.2) is 12.1 Å². The van der Waals surface area contributed by atoms with E-state index in [0.717, 1.165) is 16.7 Å². The van der Waals surface area contributed by atoms with Crippen LogP contribution in [0.3, 0.4) is 0 Å². The summed E-state index contributed by atoms with van der Waals surface area (Å²) < 4.78 is 11.5. The molecule has 2 aromatic carbocycles. The first-order valence-corrected chi connectivity index (χ1v) is 9.88. The van der Waals surface area contributed by atoms with Gasteiger partial charge in [0.15, 0.2) is 5.09 Å². The first kappa shape index (κ1) is 18.3. The van der Waals surface area contributed by atoms with Crippen LogP contribution in [0.4, 0.5) is 0 Å². The summed E-state index contributed by atoms with van der Waals surface area (Å²) in [6.45, 7) is 2.03. The van der Waals surface area contributed by atoms with Crippen LogP contribution in [0.25, 0.3) is 22.1 Å². The molecule has 140 valence electrons. The quantitative estimate of drug-likeness (QED) is 0.424. The number of aryl methyl sites for hydroxylation is 1. The van der Waals surface area contributed by atoms with Crippen LogP contribution >= 0.6 is 11.8 Å². The number of fused-ring (bicyclic) bond motifs is 1. The molecule has 0 N–H and O–H groups in total. The summed E-state index contributed by atoms with van der Waals surface area (Å²) in [6, 6.07) is 17.2. The number of aromatic nitrogens is 1. The Bertz CT molecular complexity index is 1170. The number of pyridine rings is 1. The van der Waals surface area contributed by atoms with Gasteiger partial charge in [-0.3, -0.25) is 9.78 Å². The zero-order chi connectivity index (χ0) is 19.5. The number of thioether (sulfide) groups is 1. The lowest BCUT2D eigenvalue weighted by Crippen LogP contribution is -2.07. The van der Waals surface area contributed by atoms with Gasteiger partial charge < -0.3 is 9.15 Å². The summed E-state index contributed by atoms with van der Waals surface area (Å²) in [4.78, 5) is 17.4. The second-order valence-corrected chi connectivity index (χ2v) is 7.41. The first-order valence-electron chi connectivity index (χ1n) is 8.89. The maximum atomic E-state index is 13.3. The zero-order valence-corrected chi connectivity index (χ0v) is 16.5. The highest BCUT2D eigenvalue weighted by atomic mass is 32.2. The molecule has 0 radical (unpaired) electrons. The normalized spacial score (nSPS) is 10.9. The van der Waals surface area contributed by atoms with Gasteiger partial charge in [-0.05, 0) is 42.3 Å². The van der Waals surface area contributed by atoms with E-state index in [1.807, 2.05) is 43.3 Å². The lowest BCUT2D eigenvalue weighted by Gasteiger charge is -2.11. The van der Waals surface area contributed by atoms with E-state index in [1.54, 1.807) is 37.7 Å². The highest BCUT2D eigenvalue weighted by Gasteiger charge is 2.17. The maximum Gasteiger partial charge on any atom is 0.201 e. The molecule has 0 aliphatic rings. The van der Waals surface area contributed by atoms with Gasteiger partial charge in [0.1, 0.15) is 11.3 Å². The van der Waals surface area contributed by atoms with Crippen molar-refractivity contribution < 1.29 is 9.15 Å². The number of nitrogens with zero attached hydrogens (tertiary/aromatic N) is 1. The molecular formula is C23H19NO3S. The molecule has 0 spiro atoms. The van der Waals surface area contributed by atoms with Gasteiger partial charge in [0.25, 0.3) is 0 Å². The van der Waals surface area contributed by atoms with Gasteiger partial charge in [-0.25, -0.2) is 0 Å². The van der Waals surface area contributed by atoms with Gasteiger partial charge >= 0.3 is 0 Å². The van der Waals surface area contributed by atoms with Crippen molar-refractivity contribution in [3.8, 4) is 16.9 Å². The molecule has 4 aromatic rings. The van der Waals surface area contributed by atoms with E-state index in [9.17, 15) is 4.79 Å². The first-order chi connectivity index (χ1) is 13.7. The van der Waals surface area contributed by atoms with Gasteiger partial charge in [-0.2, -0.15) is 0 Å². The molecule has 0 aliphatic heterocycles. The third-order valence-electron chi connectivity index (χ3n) is 4.53. The van der Waals surface area contributed by atoms with Crippen LogP contribution in [0.15, 0.2) is 81.3 Å². The van der Waals surface area contributed by atoms with Crippen molar-refractivity contribution in [2.24, 2.45) is 0 Å². The topological polar surface area (TPSA) is 52.3 Å². The number of hydrogen-bond acceptors (Lipinski definition) is 5. The number of methoxy groups -OCH3 is 1. The zero-order valence-electron chi connectivity index (χ0n) is 15.6. The summed E-state index contributed by atoms with van der Waals surface area (Å²) in [5.74, 6) is 1.34. The van der Waals surface area contributed by atoms with Crippen molar-refractivity contribution in [2.45, 2.75) is 17.8 Å². The van der Waals surface area contributed by atoms with Crippen LogP contribution in [0, 0.1) is 6.92 Å². The molecule has 0 unspecified atom stereocenters. The summed E-state index contributed by atoms with van der Waals surface area (Å²) >= 11 is 1.51. The second-order valence-electron chi connectivity index (χ2n) is 6.47. The molecule has 4 nitrogen and oxygen atoms in total. The number of hydrogen-bond donors (Lipinski definition) is 0. The van der Waals surface area contributed by atoms with E-state index in [0.29, 0.717) is 33.1 Å². The van der Waals surface area contributed by atoms with E-state index in [-0.39, 0.29) is 5.43 Å². The van der Waals surface area contributed by atoms with Crippen molar-refractivity contribution in [3.05, 3.63) is 88.3 Å². The maximum absolute atomic E-state index is 13.3. The van der Waals surface area contributed by atoms with Crippen molar-refractivity contribution in [2.75, 3.05) is 7.11 Å². The molecule has 2 aromatic heterocycles. The van der Waals surface area contributed by atoms with Crippen molar-refractivity contribution >= 4 is 22.7 Å². The summed E-state index contributed by atoms with van der Waals surface area (Å²) in [7, 11) is 1.60. The number of benzene rings is 2. The minimum Gasteiger partial charge on any atom is -0.497 e. The number of ether oxygens (including phenoxy) is 1. The Balaban J connectivity index is 1.86. The Morgan fingerprint density at radius 2 is 1.79 bits per heavy atom. The average molecular weight is 389 g/mol.